The maximum atomic E-state index is 6.18. The second-order valence-electron chi connectivity index (χ2n) is 8.53. The van der Waals surface area contributed by atoms with Crippen LogP contribution in [0.25, 0.3) is 44.5 Å². The summed E-state index contributed by atoms with van der Waals surface area (Å²) in [6, 6.07) is 31.8. The molecule has 0 aliphatic carbocycles. The fourth-order valence-corrected chi connectivity index (χ4v) is 4.63. The van der Waals surface area contributed by atoms with E-state index in [1.807, 2.05) is 78.9 Å². The van der Waals surface area contributed by atoms with E-state index in [1.54, 1.807) is 6.20 Å². The molecule has 3 aromatic carbocycles. The number of fused-ring (bicyclic) bond motifs is 1. The van der Waals surface area contributed by atoms with Crippen LogP contribution in [0.3, 0.4) is 0 Å². The number of thiocarbonyl (C=S) groups is 1. The van der Waals surface area contributed by atoms with E-state index in [-0.39, 0.29) is 0 Å². The van der Waals surface area contributed by atoms with Gasteiger partial charge in [0.2, 0.25) is 0 Å². The summed E-state index contributed by atoms with van der Waals surface area (Å²) in [6.07, 6.45) is 1.75. The van der Waals surface area contributed by atoms with E-state index in [4.69, 9.17) is 18.0 Å². The Kier molecular flexibility index (Phi) is 6.17. The first kappa shape index (κ1) is 23.3. The topological polar surface area (TPSA) is 117 Å². The highest BCUT2D eigenvalue weighted by Crippen LogP contribution is 2.39. The molecule has 0 bridgehead atoms. The molecule has 0 radical (unpaired) electrons. The average Bonchev–Trinajstić information content (AvgIpc) is 3.35. The summed E-state index contributed by atoms with van der Waals surface area (Å²) >= 11 is 5.62. The van der Waals surface area contributed by atoms with E-state index in [0.29, 0.717) is 22.4 Å². The van der Waals surface area contributed by atoms with E-state index in [1.165, 1.54) is 0 Å². The number of nitrogen functional groups attached to an aromatic ring is 1. The third-order valence-corrected chi connectivity index (χ3v) is 6.35. The molecule has 38 heavy (non-hydrogen) atoms. The zero-order valence-electron chi connectivity index (χ0n) is 20.1. The monoisotopic (exact) mass is 514 g/mol. The van der Waals surface area contributed by atoms with Gasteiger partial charge in [-0.25, -0.2) is 4.98 Å². The van der Waals surface area contributed by atoms with Crippen molar-refractivity contribution in [3.8, 4) is 33.5 Å². The molecule has 6 aromatic rings. The number of benzene rings is 3. The van der Waals surface area contributed by atoms with Gasteiger partial charge in [0.15, 0.2) is 22.4 Å². The minimum atomic E-state index is 0.405. The number of nitrogens with zero attached hydrogens (tertiary/aromatic N) is 4. The van der Waals surface area contributed by atoms with Gasteiger partial charge in [0, 0.05) is 23.0 Å². The van der Waals surface area contributed by atoms with Crippen molar-refractivity contribution in [2.45, 2.75) is 0 Å². The van der Waals surface area contributed by atoms with Crippen molar-refractivity contribution in [2.24, 2.45) is 0 Å². The quantitative estimate of drug-likeness (QED) is 0.203. The standard InChI is InChI=1S/C29H22N8S/c30-27-26-22(16-17-31-28(26)37-36-27)20-11-5-4-10-19(20)21-12-6-7-13-24(21)32-29(38)33-25-15-14-23(34-35-25)18-8-2-1-3-9-18/h1-17H,(H3,30,31,36,37)(H2,32,33,35,38). The van der Waals surface area contributed by atoms with E-state index >= 15 is 0 Å². The smallest absolute Gasteiger partial charge is 0.176 e. The van der Waals surface area contributed by atoms with Crippen LogP contribution in [0.5, 0.6) is 0 Å². The van der Waals surface area contributed by atoms with Crippen LogP contribution in [0, 0.1) is 0 Å². The van der Waals surface area contributed by atoms with Gasteiger partial charge < -0.3 is 16.4 Å². The van der Waals surface area contributed by atoms with Gasteiger partial charge in [0.25, 0.3) is 0 Å². The molecule has 0 unspecified atom stereocenters. The van der Waals surface area contributed by atoms with E-state index in [9.17, 15) is 0 Å². The zero-order chi connectivity index (χ0) is 25.9. The second-order valence-corrected chi connectivity index (χ2v) is 8.94. The summed E-state index contributed by atoms with van der Waals surface area (Å²) in [7, 11) is 0. The van der Waals surface area contributed by atoms with Crippen LogP contribution in [0.2, 0.25) is 0 Å². The lowest BCUT2D eigenvalue weighted by Crippen LogP contribution is -2.20. The number of aromatic nitrogens is 5. The first-order valence-corrected chi connectivity index (χ1v) is 12.3. The van der Waals surface area contributed by atoms with Gasteiger partial charge in [0.1, 0.15) is 0 Å². The van der Waals surface area contributed by atoms with Crippen LogP contribution < -0.4 is 16.4 Å². The Morgan fingerprint density at radius 3 is 2.18 bits per heavy atom. The van der Waals surface area contributed by atoms with E-state index in [2.05, 4.69) is 54.2 Å². The van der Waals surface area contributed by atoms with Crippen molar-refractivity contribution >= 4 is 45.7 Å². The first-order chi connectivity index (χ1) is 18.7. The molecule has 184 valence electrons. The van der Waals surface area contributed by atoms with Gasteiger partial charge in [-0.15, -0.1) is 10.2 Å². The van der Waals surface area contributed by atoms with Crippen LogP contribution in [0.4, 0.5) is 17.3 Å². The Balaban J connectivity index is 1.29. The van der Waals surface area contributed by atoms with Crippen molar-refractivity contribution in [1.29, 1.82) is 0 Å². The highest BCUT2D eigenvalue weighted by Gasteiger charge is 2.16. The van der Waals surface area contributed by atoms with Crippen molar-refractivity contribution in [2.75, 3.05) is 16.4 Å². The maximum Gasteiger partial charge on any atom is 0.176 e. The lowest BCUT2D eigenvalue weighted by molar-refractivity contribution is 1.05. The van der Waals surface area contributed by atoms with Gasteiger partial charge >= 0.3 is 0 Å². The molecule has 0 saturated carbocycles. The number of nitrogens with two attached hydrogens (primary N) is 1. The second kappa shape index (κ2) is 10.1. The summed E-state index contributed by atoms with van der Waals surface area (Å²) in [4.78, 5) is 4.36. The molecule has 0 fully saturated rings. The summed E-state index contributed by atoms with van der Waals surface area (Å²) in [5.74, 6) is 0.962. The van der Waals surface area contributed by atoms with Gasteiger partial charge in [-0.2, -0.15) is 5.10 Å². The number of anilines is 3. The fraction of sp³-hybridized carbons (Fsp3) is 0. The van der Waals surface area contributed by atoms with E-state index < -0.39 is 0 Å². The number of hydrogen-bond acceptors (Lipinski definition) is 6. The molecule has 0 amide bonds. The predicted molar refractivity (Wildman–Crippen MR) is 156 cm³/mol. The molecular weight excluding hydrogens is 492 g/mol. The molecular formula is C29H22N8S. The van der Waals surface area contributed by atoms with Gasteiger partial charge in [-0.05, 0) is 53.2 Å². The largest absolute Gasteiger partial charge is 0.382 e. The van der Waals surface area contributed by atoms with E-state index in [0.717, 1.165) is 44.6 Å². The summed E-state index contributed by atoms with van der Waals surface area (Å²) < 4.78 is 0. The molecule has 0 saturated heterocycles. The summed E-state index contributed by atoms with van der Waals surface area (Å²) in [6.45, 7) is 0. The average molecular weight is 515 g/mol. The molecule has 9 heteroatoms. The fourth-order valence-electron chi connectivity index (χ4n) is 4.41. The summed E-state index contributed by atoms with van der Waals surface area (Å²) in [5, 5.41) is 23.3. The molecule has 3 heterocycles. The van der Waals surface area contributed by atoms with Gasteiger partial charge in [-0.1, -0.05) is 72.8 Å². The maximum absolute atomic E-state index is 6.18. The van der Waals surface area contributed by atoms with Gasteiger partial charge in [0.05, 0.1) is 11.1 Å². The number of pyridine rings is 1. The Hall–Kier alpha value is -5.15. The van der Waals surface area contributed by atoms with Crippen LogP contribution in [-0.4, -0.2) is 30.5 Å². The number of nitrogens with one attached hydrogen (secondary N) is 3. The number of para-hydroxylation sites is 1. The minimum Gasteiger partial charge on any atom is -0.382 e. The molecule has 0 aliphatic rings. The lowest BCUT2D eigenvalue weighted by atomic mass is 9.92. The minimum absolute atomic E-state index is 0.405. The Morgan fingerprint density at radius 2 is 1.42 bits per heavy atom. The summed E-state index contributed by atoms with van der Waals surface area (Å²) in [5.41, 5.74) is 13.4. The molecule has 6 rings (SSSR count). The molecule has 5 N–H and O–H groups in total. The van der Waals surface area contributed by atoms with Crippen molar-refractivity contribution < 1.29 is 0 Å². The Bertz CT molecular complexity index is 1750. The van der Waals surface area contributed by atoms with Crippen molar-refractivity contribution in [3.05, 3.63) is 103 Å². The van der Waals surface area contributed by atoms with Crippen LogP contribution in [0.15, 0.2) is 103 Å². The SMILES string of the molecule is Nc1n[nH]c2nccc(-c3ccccc3-c3ccccc3NC(=S)Nc3ccc(-c4ccccc4)nn3)c12. The molecule has 8 nitrogen and oxygen atoms in total. The number of H-pyrrole nitrogens is 1. The highest BCUT2D eigenvalue weighted by molar-refractivity contribution is 7.80. The highest BCUT2D eigenvalue weighted by atomic mass is 32.1. The third-order valence-electron chi connectivity index (χ3n) is 6.15. The van der Waals surface area contributed by atoms with Crippen LogP contribution in [-0.2, 0) is 0 Å². The molecule has 0 atom stereocenters. The lowest BCUT2D eigenvalue weighted by Gasteiger charge is -2.17. The van der Waals surface area contributed by atoms with Crippen molar-refractivity contribution in [1.82, 2.24) is 25.4 Å². The third kappa shape index (κ3) is 4.54. The number of hydrogen-bond donors (Lipinski definition) is 4. The molecule has 3 aromatic heterocycles. The number of rotatable bonds is 5. The van der Waals surface area contributed by atoms with Crippen LogP contribution in [0.1, 0.15) is 0 Å². The first-order valence-electron chi connectivity index (χ1n) is 11.9. The van der Waals surface area contributed by atoms with Crippen molar-refractivity contribution in [3.63, 3.8) is 0 Å². The Labute approximate surface area is 224 Å². The molecule has 0 aliphatic heterocycles. The Morgan fingerprint density at radius 1 is 0.711 bits per heavy atom. The zero-order valence-corrected chi connectivity index (χ0v) is 20.9. The normalized spacial score (nSPS) is 10.8. The predicted octanol–water partition coefficient (Wildman–Crippen LogP) is 6.14. The molecule has 0 spiro atoms. The van der Waals surface area contributed by atoms with Crippen LogP contribution >= 0.6 is 12.2 Å². The van der Waals surface area contributed by atoms with Gasteiger partial charge in [-0.3, -0.25) is 5.10 Å². The number of aromatic amines is 1.